The molecule has 3 N–H and O–H groups in total. The number of aryl methyl sites for hydroxylation is 1. The smallest absolute Gasteiger partial charge is 0.252 e. The van der Waals surface area contributed by atoms with Gasteiger partial charge in [0.25, 0.3) is 5.91 Å². The van der Waals surface area contributed by atoms with Gasteiger partial charge in [0.05, 0.1) is 12.1 Å². The molecular formula is C13H13N3O2. The van der Waals surface area contributed by atoms with E-state index in [9.17, 15) is 9.59 Å². The van der Waals surface area contributed by atoms with Gasteiger partial charge >= 0.3 is 0 Å². The average molecular weight is 243 g/mol. The van der Waals surface area contributed by atoms with Gasteiger partial charge in [-0.05, 0) is 24.6 Å². The summed E-state index contributed by atoms with van der Waals surface area (Å²) in [7, 11) is 0. The Morgan fingerprint density at radius 1 is 1.33 bits per heavy atom. The van der Waals surface area contributed by atoms with Gasteiger partial charge in [0.15, 0.2) is 0 Å². The average Bonchev–Trinajstić information content (AvgIpc) is 2.37. The number of nitrogens with zero attached hydrogens (tertiary/aromatic N) is 1. The zero-order valence-electron chi connectivity index (χ0n) is 9.93. The zero-order valence-corrected chi connectivity index (χ0v) is 9.93. The van der Waals surface area contributed by atoms with Crippen molar-refractivity contribution in [3.05, 3.63) is 41.6 Å². The second kappa shape index (κ2) is 4.83. The summed E-state index contributed by atoms with van der Waals surface area (Å²) in [6.45, 7) is 1.76. The lowest BCUT2D eigenvalue weighted by molar-refractivity contribution is -0.117. The van der Waals surface area contributed by atoms with E-state index in [1.807, 2.05) is 19.1 Å². The third-order valence-corrected chi connectivity index (χ3v) is 2.64. The number of amides is 2. The quantitative estimate of drug-likeness (QED) is 0.834. The molecule has 2 rings (SSSR count). The standard InChI is InChI=1S/C13H13N3O2/c1-8-4-5-10(13(18)16-7-11(14)17)9-3-2-6-15-12(8)9/h2-6H,7H2,1H3,(H2,14,17)(H,16,18). The fourth-order valence-corrected chi connectivity index (χ4v) is 1.77. The predicted octanol–water partition coefficient (Wildman–Crippen LogP) is 0.758. The number of rotatable bonds is 3. The van der Waals surface area contributed by atoms with Crippen molar-refractivity contribution >= 4 is 22.7 Å². The van der Waals surface area contributed by atoms with Gasteiger partial charge < -0.3 is 11.1 Å². The van der Waals surface area contributed by atoms with Crippen molar-refractivity contribution in [3.63, 3.8) is 0 Å². The van der Waals surface area contributed by atoms with Crippen LogP contribution in [0, 0.1) is 6.92 Å². The van der Waals surface area contributed by atoms with Crippen LogP contribution < -0.4 is 11.1 Å². The summed E-state index contributed by atoms with van der Waals surface area (Å²) in [6.07, 6.45) is 1.68. The molecule has 1 aromatic heterocycles. The zero-order chi connectivity index (χ0) is 13.1. The number of pyridine rings is 1. The maximum absolute atomic E-state index is 11.9. The van der Waals surface area contributed by atoms with Gasteiger partial charge in [-0.2, -0.15) is 0 Å². The Morgan fingerprint density at radius 3 is 2.83 bits per heavy atom. The molecule has 18 heavy (non-hydrogen) atoms. The molecule has 0 aliphatic carbocycles. The van der Waals surface area contributed by atoms with Gasteiger partial charge in [-0.25, -0.2) is 0 Å². The second-order valence-corrected chi connectivity index (χ2v) is 3.98. The van der Waals surface area contributed by atoms with E-state index >= 15 is 0 Å². The van der Waals surface area contributed by atoms with Crippen LogP contribution in [0.1, 0.15) is 15.9 Å². The molecule has 0 saturated carbocycles. The fourth-order valence-electron chi connectivity index (χ4n) is 1.77. The van der Waals surface area contributed by atoms with Gasteiger partial charge in [0.2, 0.25) is 5.91 Å². The van der Waals surface area contributed by atoms with Crippen LogP contribution in [0.25, 0.3) is 10.9 Å². The van der Waals surface area contributed by atoms with E-state index in [-0.39, 0.29) is 12.5 Å². The number of fused-ring (bicyclic) bond motifs is 1. The topological polar surface area (TPSA) is 85.1 Å². The number of hydrogen-bond acceptors (Lipinski definition) is 3. The Bertz CT molecular complexity index is 623. The first-order valence-electron chi connectivity index (χ1n) is 5.50. The van der Waals surface area contributed by atoms with Crippen LogP contribution >= 0.6 is 0 Å². The summed E-state index contributed by atoms with van der Waals surface area (Å²) in [6, 6.07) is 7.14. The van der Waals surface area contributed by atoms with Crippen LogP contribution in [0.2, 0.25) is 0 Å². The van der Waals surface area contributed by atoms with Gasteiger partial charge in [0.1, 0.15) is 0 Å². The van der Waals surface area contributed by atoms with Crippen molar-refractivity contribution in [2.45, 2.75) is 6.92 Å². The van der Waals surface area contributed by atoms with Gasteiger partial charge in [-0.15, -0.1) is 0 Å². The minimum atomic E-state index is -0.571. The molecule has 0 bridgehead atoms. The van der Waals surface area contributed by atoms with E-state index in [0.29, 0.717) is 5.56 Å². The van der Waals surface area contributed by atoms with Gasteiger partial charge in [-0.1, -0.05) is 12.1 Å². The molecular weight excluding hydrogens is 230 g/mol. The number of primary amides is 1. The first kappa shape index (κ1) is 12.0. The number of aromatic nitrogens is 1. The number of benzene rings is 1. The Balaban J connectivity index is 2.42. The molecule has 1 heterocycles. The Labute approximate surface area is 104 Å². The third-order valence-electron chi connectivity index (χ3n) is 2.64. The minimum Gasteiger partial charge on any atom is -0.368 e. The molecule has 0 aliphatic rings. The van der Waals surface area contributed by atoms with Crippen molar-refractivity contribution in [2.75, 3.05) is 6.54 Å². The Morgan fingerprint density at radius 2 is 2.11 bits per heavy atom. The van der Waals surface area contributed by atoms with E-state index in [1.54, 1.807) is 18.3 Å². The summed E-state index contributed by atoms with van der Waals surface area (Å²) in [5.41, 5.74) is 7.26. The minimum absolute atomic E-state index is 0.172. The molecule has 2 aromatic rings. The number of nitrogens with one attached hydrogen (secondary N) is 1. The maximum atomic E-state index is 11.9. The van der Waals surface area contributed by atoms with Crippen molar-refractivity contribution in [3.8, 4) is 0 Å². The van der Waals surface area contributed by atoms with Crippen LogP contribution in [0.4, 0.5) is 0 Å². The fraction of sp³-hybridized carbons (Fsp3) is 0.154. The van der Waals surface area contributed by atoms with Crippen molar-refractivity contribution in [2.24, 2.45) is 5.73 Å². The van der Waals surface area contributed by atoms with E-state index in [0.717, 1.165) is 16.5 Å². The molecule has 1 aromatic carbocycles. The molecule has 0 saturated heterocycles. The summed E-state index contributed by atoms with van der Waals surface area (Å²) < 4.78 is 0. The van der Waals surface area contributed by atoms with E-state index < -0.39 is 5.91 Å². The van der Waals surface area contributed by atoms with Crippen molar-refractivity contribution < 1.29 is 9.59 Å². The molecule has 0 spiro atoms. The molecule has 92 valence electrons. The van der Waals surface area contributed by atoms with Gasteiger partial charge in [-0.3, -0.25) is 14.6 Å². The van der Waals surface area contributed by atoms with E-state index in [4.69, 9.17) is 5.73 Å². The molecule has 0 radical (unpaired) electrons. The Hall–Kier alpha value is -2.43. The van der Waals surface area contributed by atoms with Crippen LogP contribution in [-0.4, -0.2) is 23.3 Å². The maximum Gasteiger partial charge on any atom is 0.252 e. The third kappa shape index (κ3) is 2.29. The summed E-state index contributed by atoms with van der Waals surface area (Å²) >= 11 is 0. The second-order valence-electron chi connectivity index (χ2n) is 3.98. The first-order chi connectivity index (χ1) is 8.59. The monoisotopic (exact) mass is 243 g/mol. The molecule has 0 fully saturated rings. The van der Waals surface area contributed by atoms with Crippen molar-refractivity contribution in [1.82, 2.24) is 10.3 Å². The molecule has 2 amide bonds. The largest absolute Gasteiger partial charge is 0.368 e. The molecule has 0 unspecified atom stereocenters. The van der Waals surface area contributed by atoms with Crippen LogP contribution in [0.15, 0.2) is 30.5 Å². The van der Waals surface area contributed by atoms with E-state index in [2.05, 4.69) is 10.3 Å². The molecule has 5 heteroatoms. The summed E-state index contributed by atoms with van der Waals surface area (Å²) in [5, 5.41) is 3.23. The highest BCUT2D eigenvalue weighted by molar-refractivity contribution is 6.07. The normalized spacial score (nSPS) is 10.3. The number of carbonyl (C=O) groups excluding carboxylic acids is 2. The number of carbonyl (C=O) groups is 2. The highest BCUT2D eigenvalue weighted by Crippen LogP contribution is 2.20. The first-order valence-corrected chi connectivity index (χ1v) is 5.50. The van der Waals surface area contributed by atoms with Gasteiger partial charge in [0, 0.05) is 17.1 Å². The molecule has 0 aliphatic heterocycles. The molecule has 0 atom stereocenters. The predicted molar refractivity (Wildman–Crippen MR) is 68.0 cm³/mol. The lowest BCUT2D eigenvalue weighted by Gasteiger charge is -2.08. The number of hydrogen-bond donors (Lipinski definition) is 2. The van der Waals surface area contributed by atoms with Crippen molar-refractivity contribution in [1.29, 1.82) is 0 Å². The van der Waals surface area contributed by atoms with Crippen LogP contribution in [0.3, 0.4) is 0 Å². The van der Waals surface area contributed by atoms with E-state index in [1.165, 1.54) is 0 Å². The highest BCUT2D eigenvalue weighted by Gasteiger charge is 2.11. The highest BCUT2D eigenvalue weighted by atomic mass is 16.2. The van der Waals surface area contributed by atoms with Crippen LogP contribution in [0.5, 0.6) is 0 Å². The lowest BCUT2D eigenvalue weighted by atomic mass is 10.0. The lowest BCUT2D eigenvalue weighted by Crippen LogP contribution is -2.33. The summed E-state index contributed by atoms with van der Waals surface area (Å²) in [5.74, 6) is -0.898. The SMILES string of the molecule is Cc1ccc(C(=O)NCC(N)=O)c2cccnc12. The number of nitrogens with two attached hydrogens (primary N) is 1. The Kier molecular flexibility index (Phi) is 3.23. The van der Waals surface area contributed by atoms with Crippen LogP contribution in [-0.2, 0) is 4.79 Å². The molecule has 5 nitrogen and oxygen atoms in total. The summed E-state index contributed by atoms with van der Waals surface area (Å²) in [4.78, 5) is 26.8.